The van der Waals surface area contributed by atoms with Gasteiger partial charge in [-0.3, -0.25) is 0 Å². The summed E-state index contributed by atoms with van der Waals surface area (Å²) in [6.45, 7) is 6.50. The first kappa shape index (κ1) is 15.5. The second kappa shape index (κ2) is 7.22. The highest BCUT2D eigenvalue weighted by Gasteiger charge is 2.09. The van der Waals surface area contributed by atoms with E-state index in [1.807, 2.05) is 45.0 Å². The molecule has 112 valence electrons. The zero-order valence-corrected chi connectivity index (χ0v) is 13.1. The van der Waals surface area contributed by atoms with Crippen LogP contribution in [0.15, 0.2) is 24.3 Å². The summed E-state index contributed by atoms with van der Waals surface area (Å²) in [5.74, 6) is 1.23. The lowest BCUT2D eigenvalue weighted by molar-refractivity contribution is 0.242. The SMILES string of the molecule is CCCOc1nc(Cl)nc(-c2cccc(OC(C)C)c2)n1. The molecule has 21 heavy (non-hydrogen) atoms. The van der Waals surface area contributed by atoms with E-state index in [9.17, 15) is 0 Å². The summed E-state index contributed by atoms with van der Waals surface area (Å²) in [6.07, 6.45) is 0.974. The maximum atomic E-state index is 5.93. The molecule has 6 heteroatoms. The van der Waals surface area contributed by atoms with Crippen molar-refractivity contribution in [1.82, 2.24) is 15.0 Å². The average molecular weight is 308 g/mol. The van der Waals surface area contributed by atoms with Crippen molar-refractivity contribution in [2.45, 2.75) is 33.3 Å². The number of rotatable bonds is 6. The molecular weight excluding hydrogens is 290 g/mol. The van der Waals surface area contributed by atoms with Gasteiger partial charge in [-0.1, -0.05) is 19.1 Å². The Morgan fingerprint density at radius 2 is 2.00 bits per heavy atom. The average Bonchev–Trinajstić information content (AvgIpc) is 2.44. The van der Waals surface area contributed by atoms with E-state index in [1.54, 1.807) is 0 Å². The van der Waals surface area contributed by atoms with Crippen LogP contribution < -0.4 is 9.47 Å². The number of benzene rings is 1. The second-order valence-corrected chi connectivity index (χ2v) is 5.09. The lowest BCUT2D eigenvalue weighted by Gasteiger charge is -2.11. The van der Waals surface area contributed by atoms with Crippen molar-refractivity contribution in [3.05, 3.63) is 29.5 Å². The van der Waals surface area contributed by atoms with Crippen molar-refractivity contribution in [2.24, 2.45) is 0 Å². The molecule has 0 saturated heterocycles. The summed E-state index contributed by atoms with van der Waals surface area (Å²) in [5.41, 5.74) is 0.804. The second-order valence-electron chi connectivity index (χ2n) is 4.75. The van der Waals surface area contributed by atoms with E-state index in [2.05, 4.69) is 15.0 Å². The van der Waals surface area contributed by atoms with E-state index < -0.39 is 0 Å². The van der Waals surface area contributed by atoms with Crippen LogP contribution >= 0.6 is 11.6 Å². The summed E-state index contributed by atoms with van der Waals surface area (Å²) >= 11 is 5.93. The third-order valence-corrected chi connectivity index (χ3v) is 2.66. The lowest BCUT2D eigenvalue weighted by atomic mass is 10.2. The highest BCUT2D eigenvalue weighted by atomic mass is 35.5. The van der Waals surface area contributed by atoms with E-state index >= 15 is 0 Å². The first-order valence-electron chi connectivity index (χ1n) is 6.90. The molecule has 0 radical (unpaired) electrons. The Labute approximate surface area is 129 Å². The van der Waals surface area contributed by atoms with Gasteiger partial charge in [0.25, 0.3) is 0 Å². The van der Waals surface area contributed by atoms with Gasteiger partial charge in [-0.2, -0.15) is 15.0 Å². The Morgan fingerprint density at radius 3 is 2.71 bits per heavy atom. The summed E-state index contributed by atoms with van der Waals surface area (Å²) in [6, 6.07) is 7.78. The fourth-order valence-electron chi connectivity index (χ4n) is 1.70. The molecule has 1 heterocycles. The van der Waals surface area contributed by atoms with Gasteiger partial charge in [0.1, 0.15) is 5.75 Å². The Balaban J connectivity index is 2.30. The van der Waals surface area contributed by atoms with Gasteiger partial charge in [-0.05, 0) is 44.0 Å². The molecule has 1 aromatic heterocycles. The zero-order chi connectivity index (χ0) is 15.2. The maximum absolute atomic E-state index is 5.93. The molecule has 0 amide bonds. The quantitative estimate of drug-likeness (QED) is 0.813. The first-order chi connectivity index (χ1) is 10.1. The van der Waals surface area contributed by atoms with E-state index in [1.165, 1.54) is 0 Å². The predicted octanol–water partition coefficient (Wildman–Crippen LogP) is 3.77. The molecule has 0 saturated carbocycles. The van der Waals surface area contributed by atoms with Gasteiger partial charge in [0.15, 0.2) is 5.82 Å². The van der Waals surface area contributed by atoms with Crippen molar-refractivity contribution >= 4 is 11.6 Å². The van der Waals surface area contributed by atoms with Crippen LogP contribution in [0.3, 0.4) is 0 Å². The molecule has 0 fully saturated rings. The van der Waals surface area contributed by atoms with Crippen molar-refractivity contribution in [1.29, 1.82) is 0 Å². The summed E-state index contributed by atoms with van der Waals surface area (Å²) in [7, 11) is 0. The topological polar surface area (TPSA) is 57.1 Å². The highest BCUT2D eigenvalue weighted by molar-refractivity contribution is 6.28. The molecule has 0 atom stereocenters. The Kier molecular flexibility index (Phi) is 5.33. The van der Waals surface area contributed by atoms with Crippen LogP contribution in [0.5, 0.6) is 11.8 Å². The number of nitrogens with zero attached hydrogens (tertiary/aromatic N) is 3. The molecular formula is C15H18ClN3O2. The number of hydrogen-bond donors (Lipinski definition) is 0. The van der Waals surface area contributed by atoms with Gasteiger partial charge in [0.05, 0.1) is 12.7 Å². The van der Waals surface area contributed by atoms with Crippen molar-refractivity contribution in [3.63, 3.8) is 0 Å². The zero-order valence-electron chi connectivity index (χ0n) is 12.3. The fraction of sp³-hybridized carbons (Fsp3) is 0.400. The minimum absolute atomic E-state index is 0.102. The molecule has 0 aliphatic heterocycles. The normalized spacial score (nSPS) is 10.7. The van der Waals surface area contributed by atoms with E-state index in [4.69, 9.17) is 21.1 Å². The Bertz CT molecular complexity index is 605. The Hall–Kier alpha value is -1.88. The molecule has 2 rings (SSSR count). The molecule has 0 aliphatic rings. The van der Waals surface area contributed by atoms with Crippen molar-refractivity contribution < 1.29 is 9.47 Å². The summed E-state index contributed by atoms with van der Waals surface area (Å²) in [5, 5.41) is 0.112. The number of halogens is 1. The van der Waals surface area contributed by atoms with Gasteiger partial charge in [0.2, 0.25) is 5.28 Å². The van der Waals surface area contributed by atoms with Crippen LogP contribution in [0, 0.1) is 0 Å². The van der Waals surface area contributed by atoms with Crippen LogP contribution in [0.25, 0.3) is 11.4 Å². The van der Waals surface area contributed by atoms with E-state index in [0.717, 1.165) is 17.7 Å². The number of ether oxygens (including phenoxy) is 2. The third kappa shape index (κ3) is 4.56. The van der Waals surface area contributed by atoms with Crippen LogP contribution in [0.2, 0.25) is 5.28 Å². The molecule has 0 unspecified atom stereocenters. The molecule has 2 aromatic rings. The Morgan fingerprint density at radius 1 is 1.19 bits per heavy atom. The largest absolute Gasteiger partial charge is 0.491 e. The van der Waals surface area contributed by atoms with Gasteiger partial charge in [-0.15, -0.1) is 0 Å². The van der Waals surface area contributed by atoms with Crippen LogP contribution in [0.4, 0.5) is 0 Å². The predicted molar refractivity (Wildman–Crippen MR) is 81.8 cm³/mol. The molecule has 0 N–H and O–H groups in total. The third-order valence-electron chi connectivity index (χ3n) is 2.49. The highest BCUT2D eigenvalue weighted by Crippen LogP contribution is 2.23. The van der Waals surface area contributed by atoms with Crippen molar-refractivity contribution in [3.8, 4) is 23.1 Å². The van der Waals surface area contributed by atoms with E-state index in [0.29, 0.717) is 12.4 Å². The van der Waals surface area contributed by atoms with Crippen LogP contribution in [0.1, 0.15) is 27.2 Å². The molecule has 5 nitrogen and oxygen atoms in total. The lowest BCUT2D eigenvalue weighted by Crippen LogP contribution is -2.06. The van der Waals surface area contributed by atoms with Crippen molar-refractivity contribution in [2.75, 3.05) is 6.61 Å². The minimum atomic E-state index is 0.102. The van der Waals surface area contributed by atoms with Gasteiger partial charge in [-0.25, -0.2) is 0 Å². The monoisotopic (exact) mass is 307 g/mol. The van der Waals surface area contributed by atoms with Gasteiger partial charge >= 0.3 is 6.01 Å². The van der Waals surface area contributed by atoms with Crippen LogP contribution in [-0.4, -0.2) is 27.7 Å². The minimum Gasteiger partial charge on any atom is -0.491 e. The van der Waals surface area contributed by atoms with E-state index in [-0.39, 0.29) is 17.4 Å². The van der Waals surface area contributed by atoms with Gasteiger partial charge in [0, 0.05) is 5.56 Å². The van der Waals surface area contributed by atoms with Gasteiger partial charge < -0.3 is 9.47 Å². The summed E-state index contributed by atoms with van der Waals surface area (Å²) in [4.78, 5) is 12.4. The maximum Gasteiger partial charge on any atom is 0.321 e. The standard InChI is InChI=1S/C15H18ClN3O2/c1-4-8-20-15-18-13(17-14(16)19-15)11-6-5-7-12(9-11)21-10(2)3/h5-7,9-10H,4,8H2,1-3H3. The molecule has 0 spiro atoms. The summed E-state index contributed by atoms with van der Waals surface area (Å²) < 4.78 is 11.1. The number of hydrogen-bond acceptors (Lipinski definition) is 5. The number of aromatic nitrogens is 3. The molecule has 0 aliphatic carbocycles. The smallest absolute Gasteiger partial charge is 0.321 e. The fourth-order valence-corrected chi connectivity index (χ4v) is 1.85. The molecule has 1 aromatic carbocycles. The first-order valence-corrected chi connectivity index (χ1v) is 7.27. The molecule has 0 bridgehead atoms. The van der Waals surface area contributed by atoms with Crippen LogP contribution in [-0.2, 0) is 0 Å².